The summed E-state index contributed by atoms with van der Waals surface area (Å²) < 4.78 is 41.0. The minimum atomic E-state index is -4.34. The molecule has 1 N–H and O–H groups in total. The zero-order valence-corrected chi connectivity index (χ0v) is 17.5. The minimum Gasteiger partial charge on any atom is -0.386 e. The average Bonchev–Trinajstić information content (AvgIpc) is 3.34. The first-order valence-corrected chi connectivity index (χ1v) is 9.99. The van der Waals surface area contributed by atoms with Crippen LogP contribution in [0.2, 0.25) is 0 Å². The Kier molecular flexibility index (Phi) is 5.55. The van der Waals surface area contributed by atoms with Crippen LogP contribution in [0, 0.1) is 0 Å². The second-order valence-corrected chi connectivity index (χ2v) is 7.96. The lowest BCUT2D eigenvalue weighted by Gasteiger charge is -2.16. The molecule has 1 aromatic heterocycles. The first kappa shape index (κ1) is 20.5. The van der Waals surface area contributed by atoms with Gasteiger partial charge in [0, 0.05) is 37.5 Å². The highest BCUT2D eigenvalue weighted by Crippen LogP contribution is 2.35. The Balaban J connectivity index is 1.59. The van der Waals surface area contributed by atoms with Crippen molar-refractivity contribution in [1.82, 2.24) is 9.55 Å². The summed E-state index contributed by atoms with van der Waals surface area (Å²) in [5.41, 5.74) is 3.53. The molecule has 2 aromatic carbocycles. The van der Waals surface area contributed by atoms with E-state index in [1.165, 1.54) is 12.1 Å². The van der Waals surface area contributed by atoms with Crippen molar-refractivity contribution in [3.8, 4) is 11.3 Å². The van der Waals surface area contributed by atoms with Gasteiger partial charge in [-0.05, 0) is 45.3 Å². The van der Waals surface area contributed by atoms with E-state index in [4.69, 9.17) is 4.84 Å². The molecule has 0 aliphatic carbocycles. The fraction of sp³-hybridized carbons (Fsp3) is 0.238. The summed E-state index contributed by atoms with van der Waals surface area (Å²) in [6.07, 6.45) is -0.271. The van der Waals surface area contributed by atoms with Gasteiger partial charge in [0.1, 0.15) is 4.62 Å². The largest absolute Gasteiger partial charge is 0.416 e. The smallest absolute Gasteiger partial charge is 0.386 e. The second kappa shape index (κ2) is 8.14. The monoisotopic (exact) mass is 478 g/mol. The molecule has 1 atom stereocenters. The number of anilines is 1. The molecule has 5 nitrogen and oxygen atoms in total. The Morgan fingerprint density at radius 3 is 2.57 bits per heavy atom. The zero-order valence-electron chi connectivity index (χ0n) is 15.9. The van der Waals surface area contributed by atoms with Gasteiger partial charge in [-0.25, -0.2) is 4.98 Å². The van der Waals surface area contributed by atoms with E-state index >= 15 is 0 Å². The highest BCUT2D eigenvalue weighted by molar-refractivity contribution is 9.18. The molecule has 156 valence electrons. The minimum absolute atomic E-state index is 0.191. The fourth-order valence-corrected chi connectivity index (χ4v) is 3.60. The Morgan fingerprint density at radius 1 is 1.20 bits per heavy atom. The molecule has 0 fully saturated rings. The number of oxime groups is 1. The lowest BCUT2D eigenvalue weighted by Crippen LogP contribution is -2.06. The Hall–Kier alpha value is -2.81. The zero-order chi connectivity index (χ0) is 21.3. The van der Waals surface area contributed by atoms with Crippen LogP contribution in [-0.4, -0.2) is 14.2 Å². The second-order valence-electron chi connectivity index (χ2n) is 7.04. The van der Waals surface area contributed by atoms with E-state index in [2.05, 4.69) is 31.4 Å². The molecule has 0 saturated carbocycles. The predicted molar refractivity (Wildman–Crippen MR) is 112 cm³/mol. The average molecular weight is 479 g/mol. The van der Waals surface area contributed by atoms with Gasteiger partial charge >= 0.3 is 6.18 Å². The Labute approximate surface area is 179 Å². The molecule has 0 radical (unpaired) electrons. The highest BCUT2D eigenvalue weighted by atomic mass is 79.9. The number of nitrogens with one attached hydrogen (secondary N) is 1. The number of aromatic nitrogens is 2. The van der Waals surface area contributed by atoms with Crippen LogP contribution in [0.3, 0.4) is 0 Å². The quantitative estimate of drug-likeness (QED) is 0.497. The molecule has 9 heteroatoms. The summed E-state index contributed by atoms with van der Waals surface area (Å²) in [6, 6.07) is 11.0. The molecule has 0 saturated heterocycles. The SMILES string of the molecule is Cn1cnc(-c2ccc(C3CC(Br)=NO3)cc2NCc2ccc(C(F)(F)F)cc2)c1. The summed E-state index contributed by atoms with van der Waals surface area (Å²) in [4.78, 5) is 9.87. The van der Waals surface area contributed by atoms with E-state index in [1.807, 2.05) is 36.0 Å². The van der Waals surface area contributed by atoms with Crippen molar-refractivity contribution in [1.29, 1.82) is 0 Å². The van der Waals surface area contributed by atoms with E-state index < -0.39 is 11.7 Å². The molecule has 0 bridgehead atoms. The van der Waals surface area contributed by atoms with Crippen LogP contribution < -0.4 is 5.32 Å². The van der Waals surface area contributed by atoms with Crippen molar-refractivity contribution >= 4 is 26.2 Å². The third kappa shape index (κ3) is 4.51. The maximum Gasteiger partial charge on any atom is 0.416 e. The van der Waals surface area contributed by atoms with Gasteiger partial charge in [-0.15, -0.1) is 0 Å². The summed E-state index contributed by atoms with van der Waals surface area (Å²) in [6.45, 7) is 0.368. The van der Waals surface area contributed by atoms with E-state index in [9.17, 15) is 13.2 Å². The van der Waals surface area contributed by atoms with Crippen molar-refractivity contribution in [2.24, 2.45) is 12.2 Å². The van der Waals surface area contributed by atoms with Gasteiger partial charge in [-0.1, -0.05) is 29.4 Å². The number of rotatable bonds is 5. The van der Waals surface area contributed by atoms with Crippen molar-refractivity contribution in [3.63, 3.8) is 0 Å². The van der Waals surface area contributed by atoms with Crippen molar-refractivity contribution in [2.45, 2.75) is 25.2 Å². The summed E-state index contributed by atoms with van der Waals surface area (Å²) in [5, 5.41) is 7.27. The standard InChI is InChI=1S/C21H18BrF3N4O/c1-29-11-18(27-12-29)16-7-4-14(19-9-20(22)28-30-19)8-17(16)26-10-13-2-5-15(6-3-13)21(23,24)25/h2-8,11-12,19,26H,9-10H2,1H3. The number of hydrogen-bond donors (Lipinski definition) is 1. The van der Waals surface area contributed by atoms with Crippen molar-refractivity contribution < 1.29 is 18.0 Å². The van der Waals surface area contributed by atoms with Crippen LogP contribution in [0.1, 0.15) is 29.2 Å². The molecule has 1 aliphatic heterocycles. The van der Waals surface area contributed by atoms with Crippen LogP contribution in [0.15, 0.2) is 60.1 Å². The lowest BCUT2D eigenvalue weighted by molar-refractivity contribution is -0.137. The molecule has 3 aromatic rings. The molecular formula is C21H18BrF3N4O. The fourth-order valence-electron chi connectivity index (χ4n) is 3.22. The van der Waals surface area contributed by atoms with Crippen LogP contribution in [0.25, 0.3) is 11.3 Å². The summed E-state index contributed by atoms with van der Waals surface area (Å²) >= 11 is 3.35. The van der Waals surface area contributed by atoms with Crippen LogP contribution in [0.5, 0.6) is 0 Å². The molecular weight excluding hydrogens is 461 g/mol. The Morgan fingerprint density at radius 2 is 1.97 bits per heavy atom. The number of nitrogens with zero attached hydrogens (tertiary/aromatic N) is 3. The summed E-state index contributed by atoms with van der Waals surface area (Å²) in [5.74, 6) is 0. The summed E-state index contributed by atoms with van der Waals surface area (Å²) in [7, 11) is 1.89. The maximum absolute atomic E-state index is 12.8. The van der Waals surface area contributed by atoms with Gasteiger partial charge in [-0.3, -0.25) is 0 Å². The predicted octanol–water partition coefficient (Wildman–Crippen LogP) is 5.89. The topological polar surface area (TPSA) is 51.4 Å². The van der Waals surface area contributed by atoms with Gasteiger partial charge in [0.05, 0.1) is 17.6 Å². The molecule has 0 spiro atoms. The first-order valence-electron chi connectivity index (χ1n) is 9.20. The Bertz CT molecular complexity index is 1080. The van der Waals surface area contributed by atoms with Crippen LogP contribution in [-0.2, 0) is 24.6 Å². The third-order valence-corrected chi connectivity index (χ3v) is 5.26. The number of benzene rings is 2. The molecule has 2 heterocycles. The van der Waals surface area contributed by atoms with Crippen molar-refractivity contribution in [3.05, 3.63) is 71.7 Å². The van der Waals surface area contributed by atoms with Gasteiger partial charge in [0.15, 0.2) is 6.10 Å². The lowest BCUT2D eigenvalue weighted by atomic mass is 10.0. The third-order valence-electron chi connectivity index (χ3n) is 4.79. The number of imidazole rings is 1. The maximum atomic E-state index is 12.8. The molecule has 4 rings (SSSR count). The number of halogens is 4. The van der Waals surface area contributed by atoms with E-state index in [0.29, 0.717) is 13.0 Å². The first-order chi connectivity index (χ1) is 14.3. The number of aryl methyl sites for hydroxylation is 1. The molecule has 30 heavy (non-hydrogen) atoms. The number of hydrogen-bond acceptors (Lipinski definition) is 4. The molecule has 1 unspecified atom stereocenters. The van der Waals surface area contributed by atoms with E-state index in [1.54, 1.807) is 6.33 Å². The molecule has 0 amide bonds. The van der Waals surface area contributed by atoms with Crippen molar-refractivity contribution in [2.75, 3.05) is 5.32 Å². The number of alkyl halides is 3. The highest BCUT2D eigenvalue weighted by Gasteiger charge is 2.30. The van der Waals surface area contributed by atoms with Gasteiger partial charge in [-0.2, -0.15) is 13.2 Å². The normalized spacial score (nSPS) is 16.3. The van der Waals surface area contributed by atoms with Gasteiger partial charge in [0.2, 0.25) is 0 Å². The van der Waals surface area contributed by atoms with Gasteiger partial charge in [0.25, 0.3) is 0 Å². The molecule has 1 aliphatic rings. The van der Waals surface area contributed by atoms with E-state index in [0.717, 1.165) is 44.8 Å². The van der Waals surface area contributed by atoms with Gasteiger partial charge < -0.3 is 14.7 Å². The van der Waals surface area contributed by atoms with E-state index in [-0.39, 0.29) is 6.10 Å². The van der Waals surface area contributed by atoms with Crippen LogP contribution in [0.4, 0.5) is 18.9 Å². The van der Waals surface area contributed by atoms with Crippen LogP contribution >= 0.6 is 15.9 Å².